The van der Waals surface area contributed by atoms with E-state index in [4.69, 9.17) is 0 Å². The van der Waals surface area contributed by atoms with Crippen LogP contribution in [0.15, 0.2) is 24.3 Å². The van der Waals surface area contributed by atoms with Gasteiger partial charge in [0.1, 0.15) is 5.82 Å². The second-order valence-electron chi connectivity index (χ2n) is 4.78. The maximum Gasteiger partial charge on any atom is 0.317 e. The number of urea groups is 1. The number of benzene rings is 1. The summed E-state index contributed by atoms with van der Waals surface area (Å²) < 4.78 is 12.8. The summed E-state index contributed by atoms with van der Waals surface area (Å²) in [6.07, 6.45) is 0. The van der Waals surface area contributed by atoms with Gasteiger partial charge in [-0.1, -0.05) is 12.1 Å². The Hall–Kier alpha value is -2.11. The van der Waals surface area contributed by atoms with E-state index >= 15 is 0 Å². The summed E-state index contributed by atoms with van der Waals surface area (Å²) in [5, 5.41) is 2.79. The molecule has 1 N–H and O–H groups in total. The van der Waals surface area contributed by atoms with Crippen molar-refractivity contribution in [2.24, 2.45) is 0 Å². The first-order valence-electron chi connectivity index (χ1n) is 6.59. The molecule has 0 aliphatic carbocycles. The van der Waals surface area contributed by atoms with Gasteiger partial charge in [0.15, 0.2) is 0 Å². The van der Waals surface area contributed by atoms with E-state index < -0.39 is 0 Å². The zero-order chi connectivity index (χ0) is 14.5. The van der Waals surface area contributed by atoms with Crippen LogP contribution in [0, 0.1) is 5.82 Å². The molecule has 1 aromatic rings. The molecule has 0 aromatic heterocycles. The third kappa shape index (κ3) is 3.69. The summed E-state index contributed by atoms with van der Waals surface area (Å²) in [5.41, 5.74) is 0.849. The number of carbonyl (C=O) groups excluding carboxylic acids is 2. The molecule has 1 heterocycles. The summed E-state index contributed by atoms with van der Waals surface area (Å²) in [7, 11) is 0. The molecule has 2 rings (SSSR count). The predicted molar refractivity (Wildman–Crippen MR) is 72.5 cm³/mol. The van der Waals surface area contributed by atoms with Gasteiger partial charge in [0.05, 0.1) is 0 Å². The standard InChI is InChI=1S/C14H18FN3O2/c1-11(19)17-6-8-18(9-7-17)14(20)16-10-12-2-4-13(15)5-3-12/h2-5H,6-10H2,1H3,(H,16,20). The average Bonchev–Trinajstić information content (AvgIpc) is 2.46. The number of hydrogen-bond acceptors (Lipinski definition) is 2. The van der Waals surface area contributed by atoms with Crippen LogP contribution in [-0.4, -0.2) is 47.9 Å². The SMILES string of the molecule is CC(=O)N1CCN(C(=O)NCc2ccc(F)cc2)CC1. The lowest BCUT2D eigenvalue weighted by molar-refractivity contribution is -0.130. The Morgan fingerprint density at radius 3 is 2.20 bits per heavy atom. The van der Waals surface area contributed by atoms with Crippen molar-refractivity contribution in [3.8, 4) is 0 Å². The van der Waals surface area contributed by atoms with E-state index in [1.165, 1.54) is 19.1 Å². The van der Waals surface area contributed by atoms with Gasteiger partial charge in [-0.2, -0.15) is 0 Å². The first kappa shape index (κ1) is 14.3. The lowest BCUT2D eigenvalue weighted by Gasteiger charge is -2.34. The smallest absolute Gasteiger partial charge is 0.317 e. The van der Waals surface area contributed by atoms with Crippen molar-refractivity contribution in [1.82, 2.24) is 15.1 Å². The first-order valence-corrected chi connectivity index (χ1v) is 6.59. The van der Waals surface area contributed by atoms with Gasteiger partial charge in [-0.15, -0.1) is 0 Å². The Labute approximate surface area is 117 Å². The van der Waals surface area contributed by atoms with Gasteiger partial charge in [0.25, 0.3) is 0 Å². The van der Waals surface area contributed by atoms with Crippen molar-refractivity contribution < 1.29 is 14.0 Å². The summed E-state index contributed by atoms with van der Waals surface area (Å²) in [6.45, 7) is 4.11. The number of nitrogens with one attached hydrogen (secondary N) is 1. The lowest BCUT2D eigenvalue weighted by Crippen LogP contribution is -2.52. The van der Waals surface area contributed by atoms with Gasteiger partial charge in [-0.3, -0.25) is 4.79 Å². The highest BCUT2D eigenvalue weighted by Crippen LogP contribution is 2.05. The Bertz CT molecular complexity index is 482. The molecule has 0 bridgehead atoms. The minimum absolute atomic E-state index is 0.0383. The average molecular weight is 279 g/mol. The fourth-order valence-corrected chi connectivity index (χ4v) is 2.12. The Morgan fingerprint density at radius 2 is 1.65 bits per heavy atom. The number of hydrogen-bond donors (Lipinski definition) is 1. The summed E-state index contributed by atoms with van der Waals surface area (Å²) in [6, 6.07) is 5.87. The van der Waals surface area contributed by atoms with Gasteiger partial charge in [-0.05, 0) is 17.7 Å². The molecule has 108 valence electrons. The normalized spacial score (nSPS) is 15.1. The largest absolute Gasteiger partial charge is 0.339 e. The first-order chi connectivity index (χ1) is 9.56. The van der Waals surface area contributed by atoms with Crippen molar-refractivity contribution in [1.29, 1.82) is 0 Å². The van der Waals surface area contributed by atoms with Crippen LogP contribution in [0.2, 0.25) is 0 Å². The highest BCUT2D eigenvalue weighted by Gasteiger charge is 2.21. The lowest BCUT2D eigenvalue weighted by atomic mass is 10.2. The minimum atomic E-state index is -0.291. The molecule has 0 atom stereocenters. The van der Waals surface area contributed by atoms with Crippen molar-refractivity contribution in [3.63, 3.8) is 0 Å². The highest BCUT2D eigenvalue weighted by atomic mass is 19.1. The van der Waals surface area contributed by atoms with Gasteiger partial charge in [0.2, 0.25) is 5.91 Å². The third-order valence-electron chi connectivity index (χ3n) is 3.37. The van der Waals surface area contributed by atoms with Crippen LogP contribution in [-0.2, 0) is 11.3 Å². The minimum Gasteiger partial charge on any atom is -0.339 e. The summed E-state index contributed by atoms with van der Waals surface area (Å²) in [5.74, 6) is -0.253. The third-order valence-corrected chi connectivity index (χ3v) is 3.37. The maximum atomic E-state index is 12.8. The molecular weight excluding hydrogens is 261 g/mol. The molecule has 0 spiro atoms. The predicted octanol–water partition coefficient (Wildman–Crippen LogP) is 1.20. The van der Waals surface area contributed by atoms with E-state index in [0.717, 1.165) is 5.56 Å². The number of piperazine rings is 1. The fourth-order valence-electron chi connectivity index (χ4n) is 2.12. The zero-order valence-corrected chi connectivity index (χ0v) is 11.4. The molecule has 0 unspecified atom stereocenters. The molecular formula is C14H18FN3O2. The van der Waals surface area contributed by atoms with Crippen LogP contribution in [0.4, 0.5) is 9.18 Å². The molecule has 1 fully saturated rings. The summed E-state index contributed by atoms with van der Waals surface area (Å²) in [4.78, 5) is 26.6. The molecule has 1 aromatic carbocycles. The Kier molecular flexibility index (Phi) is 4.55. The Balaban J connectivity index is 1.78. The van der Waals surface area contributed by atoms with Crippen LogP contribution in [0.1, 0.15) is 12.5 Å². The van der Waals surface area contributed by atoms with Crippen molar-refractivity contribution in [3.05, 3.63) is 35.6 Å². The molecule has 0 radical (unpaired) electrons. The molecule has 3 amide bonds. The number of carbonyl (C=O) groups is 2. The molecule has 1 aliphatic heterocycles. The molecule has 0 saturated carbocycles. The van der Waals surface area contributed by atoms with Crippen LogP contribution >= 0.6 is 0 Å². The molecule has 20 heavy (non-hydrogen) atoms. The van der Waals surface area contributed by atoms with Crippen molar-refractivity contribution in [2.45, 2.75) is 13.5 Å². The topological polar surface area (TPSA) is 52.7 Å². The van der Waals surface area contributed by atoms with Crippen LogP contribution < -0.4 is 5.32 Å². The zero-order valence-electron chi connectivity index (χ0n) is 11.4. The highest BCUT2D eigenvalue weighted by molar-refractivity contribution is 5.76. The van der Waals surface area contributed by atoms with E-state index in [9.17, 15) is 14.0 Å². The van der Waals surface area contributed by atoms with Gasteiger partial charge < -0.3 is 15.1 Å². The quantitative estimate of drug-likeness (QED) is 0.884. The molecule has 1 saturated heterocycles. The summed E-state index contributed by atoms with van der Waals surface area (Å²) >= 11 is 0. The number of nitrogens with zero attached hydrogens (tertiary/aromatic N) is 2. The molecule has 6 heteroatoms. The maximum absolute atomic E-state index is 12.8. The van der Waals surface area contributed by atoms with E-state index in [-0.39, 0.29) is 17.8 Å². The number of halogens is 1. The van der Waals surface area contributed by atoms with Gasteiger partial charge in [0, 0.05) is 39.6 Å². The Morgan fingerprint density at radius 1 is 1.10 bits per heavy atom. The van der Waals surface area contributed by atoms with E-state index in [1.807, 2.05) is 0 Å². The van der Waals surface area contributed by atoms with Crippen molar-refractivity contribution >= 4 is 11.9 Å². The van der Waals surface area contributed by atoms with Crippen molar-refractivity contribution in [2.75, 3.05) is 26.2 Å². The van der Waals surface area contributed by atoms with Gasteiger partial charge in [-0.25, -0.2) is 9.18 Å². The molecule has 1 aliphatic rings. The number of rotatable bonds is 2. The van der Waals surface area contributed by atoms with E-state index in [2.05, 4.69) is 5.32 Å². The van der Waals surface area contributed by atoms with Crippen LogP contribution in [0.5, 0.6) is 0 Å². The fraction of sp³-hybridized carbons (Fsp3) is 0.429. The monoisotopic (exact) mass is 279 g/mol. The molecule has 5 nitrogen and oxygen atoms in total. The second kappa shape index (κ2) is 6.36. The number of amides is 3. The van der Waals surface area contributed by atoms with Crippen LogP contribution in [0.3, 0.4) is 0 Å². The van der Waals surface area contributed by atoms with E-state index in [0.29, 0.717) is 32.7 Å². The van der Waals surface area contributed by atoms with Gasteiger partial charge >= 0.3 is 6.03 Å². The van der Waals surface area contributed by atoms with E-state index in [1.54, 1.807) is 21.9 Å². The second-order valence-corrected chi connectivity index (χ2v) is 4.78. The van der Waals surface area contributed by atoms with Crippen LogP contribution in [0.25, 0.3) is 0 Å².